The zero-order chi connectivity index (χ0) is 20.6. The van der Waals surface area contributed by atoms with Gasteiger partial charge in [0.1, 0.15) is 16.5 Å². The molecule has 0 saturated carbocycles. The SMILES string of the molecule is COc1cccc(Oc2ccc(CNC(=O)c3cccnc3SC(F)F)cn2)c1. The molecular formula is C20H17F2N3O3S. The summed E-state index contributed by atoms with van der Waals surface area (Å²) < 4.78 is 36.0. The molecule has 150 valence electrons. The third-order valence-electron chi connectivity index (χ3n) is 3.73. The molecule has 9 heteroatoms. The van der Waals surface area contributed by atoms with Gasteiger partial charge in [0.25, 0.3) is 11.7 Å². The van der Waals surface area contributed by atoms with Crippen LogP contribution in [0.1, 0.15) is 15.9 Å². The maximum Gasteiger partial charge on any atom is 0.290 e. The average Bonchev–Trinajstić information content (AvgIpc) is 2.73. The summed E-state index contributed by atoms with van der Waals surface area (Å²) in [5, 5.41) is 2.66. The molecule has 0 aliphatic rings. The number of carbonyl (C=O) groups excluding carboxylic acids is 1. The van der Waals surface area contributed by atoms with Crippen molar-refractivity contribution in [3.05, 3.63) is 72.1 Å². The number of hydrogen-bond acceptors (Lipinski definition) is 6. The number of carbonyl (C=O) groups is 1. The first-order chi connectivity index (χ1) is 14.0. The number of rotatable bonds is 8. The largest absolute Gasteiger partial charge is 0.497 e. The quantitative estimate of drug-likeness (QED) is 0.543. The second kappa shape index (κ2) is 9.83. The van der Waals surface area contributed by atoms with Crippen LogP contribution in [0.4, 0.5) is 8.78 Å². The van der Waals surface area contributed by atoms with E-state index in [1.807, 2.05) is 0 Å². The molecule has 2 heterocycles. The Balaban J connectivity index is 1.60. The highest BCUT2D eigenvalue weighted by molar-refractivity contribution is 7.99. The minimum atomic E-state index is -2.65. The molecule has 3 rings (SSSR count). The third-order valence-corrected chi connectivity index (χ3v) is 4.46. The van der Waals surface area contributed by atoms with Crippen molar-refractivity contribution in [3.8, 4) is 17.4 Å². The summed E-state index contributed by atoms with van der Waals surface area (Å²) in [6, 6.07) is 13.5. The van der Waals surface area contributed by atoms with E-state index in [1.165, 1.54) is 18.3 Å². The molecule has 1 amide bonds. The molecule has 0 aliphatic carbocycles. The lowest BCUT2D eigenvalue weighted by molar-refractivity contribution is 0.0947. The molecule has 3 aromatic rings. The van der Waals surface area contributed by atoms with Crippen molar-refractivity contribution < 1.29 is 23.0 Å². The molecule has 0 unspecified atom stereocenters. The highest BCUT2D eigenvalue weighted by Gasteiger charge is 2.16. The van der Waals surface area contributed by atoms with Crippen molar-refractivity contribution in [2.24, 2.45) is 0 Å². The Bertz CT molecular complexity index is 971. The molecular weight excluding hydrogens is 400 g/mol. The van der Waals surface area contributed by atoms with Crippen molar-refractivity contribution in [1.82, 2.24) is 15.3 Å². The van der Waals surface area contributed by atoms with E-state index in [9.17, 15) is 13.6 Å². The molecule has 0 saturated heterocycles. The fraction of sp³-hybridized carbons (Fsp3) is 0.150. The van der Waals surface area contributed by atoms with E-state index in [0.29, 0.717) is 17.4 Å². The molecule has 2 aromatic heterocycles. The molecule has 29 heavy (non-hydrogen) atoms. The van der Waals surface area contributed by atoms with Crippen LogP contribution in [0.3, 0.4) is 0 Å². The summed E-state index contributed by atoms with van der Waals surface area (Å²) in [6.45, 7) is 0.180. The van der Waals surface area contributed by atoms with E-state index in [0.717, 1.165) is 5.56 Å². The van der Waals surface area contributed by atoms with Crippen LogP contribution in [0.25, 0.3) is 0 Å². The van der Waals surface area contributed by atoms with Gasteiger partial charge in [-0.15, -0.1) is 0 Å². The van der Waals surface area contributed by atoms with E-state index >= 15 is 0 Å². The van der Waals surface area contributed by atoms with Crippen LogP contribution in [-0.2, 0) is 6.54 Å². The number of nitrogens with one attached hydrogen (secondary N) is 1. The van der Waals surface area contributed by atoms with Crippen LogP contribution in [0, 0.1) is 0 Å². The number of hydrogen-bond donors (Lipinski definition) is 1. The van der Waals surface area contributed by atoms with Gasteiger partial charge in [0.05, 0.1) is 12.7 Å². The van der Waals surface area contributed by atoms with Crippen LogP contribution in [-0.4, -0.2) is 28.7 Å². The summed E-state index contributed by atoms with van der Waals surface area (Å²) in [5.41, 5.74) is 0.826. The first-order valence-electron chi connectivity index (χ1n) is 8.50. The Kier molecular flexibility index (Phi) is 6.96. The van der Waals surface area contributed by atoms with Crippen molar-refractivity contribution >= 4 is 17.7 Å². The molecule has 0 fully saturated rings. The lowest BCUT2D eigenvalue weighted by atomic mass is 10.2. The normalized spacial score (nSPS) is 10.6. The van der Waals surface area contributed by atoms with Gasteiger partial charge >= 0.3 is 0 Å². The minimum absolute atomic E-state index is 0.0137. The number of thioether (sulfide) groups is 1. The van der Waals surface area contributed by atoms with Crippen LogP contribution >= 0.6 is 11.8 Å². The fourth-order valence-electron chi connectivity index (χ4n) is 2.38. The molecule has 0 bridgehead atoms. The fourth-order valence-corrected chi connectivity index (χ4v) is 2.96. The number of amides is 1. The van der Waals surface area contributed by atoms with E-state index in [1.54, 1.807) is 49.7 Å². The van der Waals surface area contributed by atoms with Gasteiger partial charge in [-0.2, -0.15) is 8.78 Å². The standard InChI is InChI=1S/C20H17F2N3O3S/c1-27-14-4-2-5-15(10-14)28-17-8-7-13(11-24-17)12-25-18(26)16-6-3-9-23-19(16)29-20(21)22/h2-11,20H,12H2,1H3,(H,25,26). The Morgan fingerprint density at radius 3 is 2.69 bits per heavy atom. The summed E-state index contributed by atoms with van der Waals surface area (Å²) >= 11 is 0.237. The Morgan fingerprint density at radius 1 is 1.14 bits per heavy atom. The molecule has 6 nitrogen and oxygen atoms in total. The monoisotopic (exact) mass is 417 g/mol. The lowest BCUT2D eigenvalue weighted by Gasteiger charge is -2.09. The van der Waals surface area contributed by atoms with Gasteiger partial charge in [-0.05, 0) is 41.6 Å². The zero-order valence-electron chi connectivity index (χ0n) is 15.3. The number of alkyl halides is 2. The van der Waals surface area contributed by atoms with Gasteiger partial charge in [0.15, 0.2) is 0 Å². The highest BCUT2D eigenvalue weighted by Crippen LogP contribution is 2.26. The third kappa shape index (κ3) is 5.89. The van der Waals surface area contributed by atoms with Gasteiger partial charge in [-0.3, -0.25) is 4.79 Å². The molecule has 1 N–H and O–H groups in total. The van der Waals surface area contributed by atoms with Crippen molar-refractivity contribution in [2.45, 2.75) is 17.3 Å². The molecule has 0 aliphatic heterocycles. The number of pyridine rings is 2. The van der Waals surface area contributed by atoms with Crippen LogP contribution in [0.5, 0.6) is 17.4 Å². The average molecular weight is 417 g/mol. The lowest BCUT2D eigenvalue weighted by Crippen LogP contribution is -2.23. The number of aromatic nitrogens is 2. The molecule has 0 radical (unpaired) electrons. The van der Waals surface area contributed by atoms with Crippen molar-refractivity contribution in [2.75, 3.05) is 7.11 Å². The van der Waals surface area contributed by atoms with Crippen molar-refractivity contribution in [1.29, 1.82) is 0 Å². The van der Waals surface area contributed by atoms with Gasteiger partial charge in [-0.25, -0.2) is 9.97 Å². The Hall–Kier alpha value is -3.20. The minimum Gasteiger partial charge on any atom is -0.497 e. The summed E-state index contributed by atoms with van der Waals surface area (Å²) in [5.74, 6) is -1.51. The zero-order valence-corrected chi connectivity index (χ0v) is 16.2. The maximum atomic E-state index is 12.6. The highest BCUT2D eigenvalue weighted by atomic mass is 32.2. The summed E-state index contributed by atoms with van der Waals surface area (Å²) in [4.78, 5) is 20.4. The smallest absolute Gasteiger partial charge is 0.290 e. The second-order valence-corrected chi connectivity index (χ2v) is 6.68. The Morgan fingerprint density at radius 2 is 1.97 bits per heavy atom. The maximum absolute atomic E-state index is 12.6. The van der Waals surface area contributed by atoms with Crippen molar-refractivity contribution in [3.63, 3.8) is 0 Å². The van der Waals surface area contributed by atoms with Crippen LogP contribution in [0.15, 0.2) is 66.0 Å². The Labute approximate surface area is 170 Å². The number of nitrogens with zero attached hydrogens (tertiary/aromatic N) is 2. The summed E-state index contributed by atoms with van der Waals surface area (Å²) in [7, 11) is 1.57. The van der Waals surface area contributed by atoms with E-state index in [2.05, 4.69) is 15.3 Å². The summed E-state index contributed by atoms with van der Waals surface area (Å²) in [6.07, 6.45) is 2.93. The van der Waals surface area contributed by atoms with Gasteiger partial charge < -0.3 is 14.8 Å². The first-order valence-corrected chi connectivity index (χ1v) is 9.38. The van der Waals surface area contributed by atoms with E-state index in [-0.39, 0.29) is 28.9 Å². The first kappa shape index (κ1) is 20.5. The molecule has 0 spiro atoms. The topological polar surface area (TPSA) is 73.3 Å². The predicted molar refractivity (Wildman–Crippen MR) is 105 cm³/mol. The number of benzene rings is 1. The predicted octanol–water partition coefficient (Wildman–Crippen LogP) is 4.52. The van der Waals surface area contributed by atoms with Gasteiger partial charge in [0, 0.05) is 31.1 Å². The van der Waals surface area contributed by atoms with Gasteiger partial charge in [-0.1, -0.05) is 12.1 Å². The number of halogens is 2. The second-order valence-electron chi connectivity index (χ2n) is 5.70. The number of methoxy groups -OCH3 is 1. The molecule has 1 aromatic carbocycles. The van der Waals surface area contributed by atoms with E-state index < -0.39 is 11.7 Å². The van der Waals surface area contributed by atoms with Crippen LogP contribution < -0.4 is 14.8 Å². The van der Waals surface area contributed by atoms with Crippen LogP contribution in [0.2, 0.25) is 0 Å². The molecule has 0 atom stereocenters. The van der Waals surface area contributed by atoms with E-state index in [4.69, 9.17) is 9.47 Å². The number of ether oxygens (including phenoxy) is 2. The van der Waals surface area contributed by atoms with Gasteiger partial charge in [0.2, 0.25) is 5.88 Å².